The van der Waals surface area contributed by atoms with Crippen LogP contribution in [0.4, 0.5) is 0 Å². The lowest BCUT2D eigenvalue weighted by molar-refractivity contribution is -0.00729. The van der Waals surface area contributed by atoms with Crippen molar-refractivity contribution in [3.05, 3.63) is 34.3 Å². The Labute approximate surface area is 124 Å². The predicted octanol–water partition coefficient (Wildman–Crippen LogP) is 2.32. The number of halogens is 1. The number of piperidine rings is 1. The zero-order valence-corrected chi connectivity index (χ0v) is 12.6. The molecule has 1 saturated heterocycles. The molecule has 104 valence electrons. The van der Waals surface area contributed by atoms with Crippen molar-refractivity contribution in [3.8, 4) is 0 Å². The third-order valence-corrected chi connectivity index (χ3v) is 4.25. The Morgan fingerprint density at radius 2 is 2.11 bits per heavy atom. The van der Waals surface area contributed by atoms with Gasteiger partial charge in [0.25, 0.3) is 0 Å². The summed E-state index contributed by atoms with van der Waals surface area (Å²) in [5, 5.41) is 10.6. The first kappa shape index (κ1) is 14.7. The van der Waals surface area contributed by atoms with Crippen LogP contribution in [0, 0.1) is 0 Å². The van der Waals surface area contributed by atoms with Gasteiger partial charge in [-0.15, -0.1) is 0 Å². The molecule has 2 rings (SSSR count). The Bertz CT molecular complexity index is 480. The first-order valence-electron chi connectivity index (χ1n) is 6.40. The van der Waals surface area contributed by atoms with Gasteiger partial charge in [-0.1, -0.05) is 36.0 Å². The minimum Gasteiger partial charge on any atom is -0.390 e. The molecule has 1 aromatic rings. The number of nitrogens with zero attached hydrogens (tertiary/aromatic N) is 1. The van der Waals surface area contributed by atoms with Crippen molar-refractivity contribution in [2.45, 2.75) is 31.9 Å². The molecule has 1 fully saturated rings. The van der Waals surface area contributed by atoms with Gasteiger partial charge in [-0.3, -0.25) is 4.90 Å². The van der Waals surface area contributed by atoms with Gasteiger partial charge in [0.1, 0.15) is 4.99 Å². The number of benzene rings is 1. The Morgan fingerprint density at radius 3 is 2.63 bits per heavy atom. The fourth-order valence-electron chi connectivity index (χ4n) is 2.26. The topological polar surface area (TPSA) is 49.5 Å². The molecule has 3 N–H and O–H groups in total. The molecule has 0 atom stereocenters. The van der Waals surface area contributed by atoms with E-state index in [0.717, 1.165) is 43.6 Å². The molecule has 1 heterocycles. The van der Waals surface area contributed by atoms with E-state index in [0.29, 0.717) is 10.0 Å². The highest BCUT2D eigenvalue weighted by Crippen LogP contribution is 2.25. The van der Waals surface area contributed by atoms with E-state index in [1.165, 1.54) is 0 Å². The van der Waals surface area contributed by atoms with Crippen LogP contribution in [0.5, 0.6) is 0 Å². The molecule has 0 spiro atoms. The van der Waals surface area contributed by atoms with Crippen LogP contribution in [0.3, 0.4) is 0 Å². The first-order valence-corrected chi connectivity index (χ1v) is 7.19. The Morgan fingerprint density at radius 1 is 1.47 bits per heavy atom. The van der Waals surface area contributed by atoms with Gasteiger partial charge < -0.3 is 10.8 Å². The van der Waals surface area contributed by atoms with Crippen molar-refractivity contribution in [2.24, 2.45) is 5.73 Å². The monoisotopic (exact) mass is 298 g/mol. The molecule has 0 saturated carbocycles. The molecule has 0 aliphatic carbocycles. The van der Waals surface area contributed by atoms with Crippen LogP contribution in [0.15, 0.2) is 18.2 Å². The molecule has 0 amide bonds. The van der Waals surface area contributed by atoms with Crippen LogP contribution in [-0.2, 0) is 6.54 Å². The standard InChI is InChI=1S/C14H19ClN2OS/c1-14(18)4-6-17(7-5-14)9-11-3-2-10(13(16)19)8-12(11)15/h2-3,8,18H,4-7,9H2,1H3,(H2,16,19). The Balaban J connectivity index is 2.02. The molecule has 0 unspecified atom stereocenters. The van der Waals surface area contributed by atoms with Crippen molar-refractivity contribution in [3.63, 3.8) is 0 Å². The van der Waals surface area contributed by atoms with E-state index in [4.69, 9.17) is 29.6 Å². The third kappa shape index (κ3) is 3.89. The molecule has 19 heavy (non-hydrogen) atoms. The maximum atomic E-state index is 9.93. The van der Waals surface area contributed by atoms with Gasteiger partial charge in [-0.2, -0.15) is 0 Å². The van der Waals surface area contributed by atoms with Gasteiger partial charge in [-0.05, 0) is 31.4 Å². The second kappa shape index (κ2) is 5.75. The van der Waals surface area contributed by atoms with Crippen molar-refractivity contribution in [1.29, 1.82) is 0 Å². The Hall–Kier alpha value is -0.680. The number of hydrogen-bond acceptors (Lipinski definition) is 3. The zero-order valence-electron chi connectivity index (χ0n) is 11.0. The van der Waals surface area contributed by atoms with Crippen LogP contribution < -0.4 is 5.73 Å². The van der Waals surface area contributed by atoms with Crippen LogP contribution in [-0.4, -0.2) is 33.7 Å². The fraction of sp³-hybridized carbons (Fsp3) is 0.500. The highest BCUT2D eigenvalue weighted by atomic mass is 35.5. The zero-order chi connectivity index (χ0) is 14.0. The molecular weight excluding hydrogens is 280 g/mol. The maximum absolute atomic E-state index is 9.93. The van der Waals surface area contributed by atoms with Gasteiger partial charge in [0.2, 0.25) is 0 Å². The second-order valence-electron chi connectivity index (χ2n) is 5.44. The van der Waals surface area contributed by atoms with E-state index in [1.807, 2.05) is 25.1 Å². The fourth-order valence-corrected chi connectivity index (χ4v) is 2.63. The van der Waals surface area contributed by atoms with Gasteiger partial charge in [-0.25, -0.2) is 0 Å². The molecule has 3 nitrogen and oxygen atoms in total. The first-order chi connectivity index (χ1) is 8.87. The average molecular weight is 299 g/mol. The Kier molecular flexibility index (Phi) is 4.46. The van der Waals surface area contributed by atoms with E-state index in [-0.39, 0.29) is 0 Å². The quantitative estimate of drug-likeness (QED) is 0.841. The van der Waals surface area contributed by atoms with E-state index in [1.54, 1.807) is 0 Å². The molecule has 1 aliphatic heterocycles. The van der Waals surface area contributed by atoms with Crippen LogP contribution in [0.2, 0.25) is 5.02 Å². The maximum Gasteiger partial charge on any atom is 0.104 e. The molecule has 1 aromatic carbocycles. The summed E-state index contributed by atoms with van der Waals surface area (Å²) >= 11 is 11.2. The summed E-state index contributed by atoms with van der Waals surface area (Å²) in [5.74, 6) is 0. The smallest absolute Gasteiger partial charge is 0.104 e. The van der Waals surface area contributed by atoms with Crippen LogP contribution in [0.25, 0.3) is 0 Å². The summed E-state index contributed by atoms with van der Waals surface area (Å²) in [4.78, 5) is 2.67. The van der Waals surface area contributed by atoms with Gasteiger partial charge in [0, 0.05) is 30.2 Å². The second-order valence-corrected chi connectivity index (χ2v) is 6.29. The number of aliphatic hydroxyl groups is 1. The molecule has 0 aromatic heterocycles. The van der Waals surface area contributed by atoms with Gasteiger partial charge in [0.15, 0.2) is 0 Å². The minimum absolute atomic E-state index is 0.363. The van der Waals surface area contributed by atoms with Gasteiger partial charge >= 0.3 is 0 Å². The van der Waals surface area contributed by atoms with Crippen molar-refractivity contribution in [2.75, 3.05) is 13.1 Å². The van der Waals surface area contributed by atoms with E-state index >= 15 is 0 Å². The number of nitrogens with two attached hydrogens (primary N) is 1. The third-order valence-electron chi connectivity index (χ3n) is 3.66. The minimum atomic E-state index is -0.518. The SMILES string of the molecule is CC1(O)CCN(Cc2ccc(C(N)=S)cc2Cl)CC1. The highest BCUT2D eigenvalue weighted by Gasteiger charge is 2.27. The number of hydrogen-bond donors (Lipinski definition) is 2. The number of rotatable bonds is 3. The van der Waals surface area contributed by atoms with Gasteiger partial charge in [0.05, 0.1) is 5.60 Å². The molecule has 0 radical (unpaired) electrons. The van der Waals surface area contributed by atoms with E-state index < -0.39 is 5.60 Å². The number of likely N-dealkylation sites (tertiary alicyclic amines) is 1. The average Bonchev–Trinajstić information content (AvgIpc) is 2.34. The van der Waals surface area contributed by atoms with Crippen LogP contribution in [0.1, 0.15) is 30.9 Å². The highest BCUT2D eigenvalue weighted by molar-refractivity contribution is 7.80. The van der Waals surface area contributed by atoms with E-state index in [2.05, 4.69) is 4.90 Å². The molecular formula is C14H19ClN2OS. The van der Waals surface area contributed by atoms with Crippen molar-refractivity contribution >= 4 is 28.8 Å². The molecule has 5 heteroatoms. The summed E-state index contributed by atoms with van der Waals surface area (Å²) in [6.07, 6.45) is 1.60. The molecule has 1 aliphatic rings. The van der Waals surface area contributed by atoms with E-state index in [9.17, 15) is 5.11 Å². The lowest BCUT2D eigenvalue weighted by Gasteiger charge is -2.35. The summed E-state index contributed by atoms with van der Waals surface area (Å²) < 4.78 is 0. The van der Waals surface area contributed by atoms with Crippen molar-refractivity contribution < 1.29 is 5.11 Å². The summed E-state index contributed by atoms with van der Waals surface area (Å²) in [6.45, 7) is 4.47. The van der Waals surface area contributed by atoms with Crippen molar-refractivity contribution in [1.82, 2.24) is 4.90 Å². The summed E-state index contributed by atoms with van der Waals surface area (Å²) in [5.41, 5.74) is 6.93. The largest absolute Gasteiger partial charge is 0.390 e. The number of thiocarbonyl (C=S) groups is 1. The summed E-state index contributed by atoms with van der Waals surface area (Å²) in [7, 11) is 0. The normalized spacial score (nSPS) is 19.3. The molecule has 0 bridgehead atoms. The summed E-state index contributed by atoms with van der Waals surface area (Å²) in [6, 6.07) is 5.70. The predicted molar refractivity (Wildman–Crippen MR) is 82.5 cm³/mol. The lowest BCUT2D eigenvalue weighted by Crippen LogP contribution is -2.42. The van der Waals surface area contributed by atoms with Crippen LogP contribution >= 0.6 is 23.8 Å². The lowest BCUT2D eigenvalue weighted by atomic mass is 9.93.